The summed E-state index contributed by atoms with van der Waals surface area (Å²) in [5, 5.41) is 11.5. The minimum atomic E-state index is -0.879. The molecular formula is C26H21NO7. The van der Waals surface area contributed by atoms with Gasteiger partial charge >= 0.3 is 0 Å². The number of furan rings is 2. The molecule has 0 radical (unpaired) electrons. The van der Waals surface area contributed by atoms with E-state index in [1.54, 1.807) is 60.7 Å². The first-order valence-corrected chi connectivity index (χ1v) is 10.5. The Hall–Kier alpha value is -4.46. The third-order valence-corrected chi connectivity index (χ3v) is 5.82. The molecule has 2 aromatic heterocycles. The molecule has 0 spiro atoms. The molecule has 172 valence electrons. The zero-order valence-corrected chi connectivity index (χ0v) is 18.5. The Kier molecular flexibility index (Phi) is 5.33. The Bertz CT molecular complexity index is 1410. The Labute approximate surface area is 194 Å². The first-order valence-electron chi connectivity index (χ1n) is 10.5. The summed E-state index contributed by atoms with van der Waals surface area (Å²) < 4.78 is 21.9. The number of carbonyl (C=O) groups is 2. The summed E-state index contributed by atoms with van der Waals surface area (Å²) in [7, 11) is 3.04. The number of ether oxygens (including phenoxy) is 2. The normalized spacial score (nSPS) is 15.9. The summed E-state index contributed by atoms with van der Waals surface area (Å²) in [6, 6.07) is 16.4. The van der Waals surface area contributed by atoms with Crippen LogP contribution in [0.15, 0.2) is 87.1 Å². The van der Waals surface area contributed by atoms with E-state index in [2.05, 4.69) is 0 Å². The van der Waals surface area contributed by atoms with Crippen LogP contribution in [0.1, 0.15) is 27.9 Å². The third-order valence-electron chi connectivity index (χ3n) is 5.82. The van der Waals surface area contributed by atoms with Gasteiger partial charge in [0.15, 0.2) is 22.9 Å². The molecule has 4 aromatic rings. The fourth-order valence-electron chi connectivity index (χ4n) is 4.22. The van der Waals surface area contributed by atoms with Gasteiger partial charge in [0.1, 0.15) is 11.5 Å². The highest BCUT2D eigenvalue weighted by Crippen LogP contribution is 2.41. The smallest absolute Gasteiger partial charge is 0.290 e. The molecule has 1 atom stereocenters. The van der Waals surface area contributed by atoms with Gasteiger partial charge in [0.25, 0.3) is 5.91 Å². The standard InChI is InChI=1S/C26H21NO7/c1-31-17-8-3-6-15(12-17)22-21(24(29)26(30)27(22)14-18-9-5-11-33-18)23(28)20-13-16-7-4-10-19(32-2)25(16)34-20/h3-13,22,29H,14H2,1-2H3. The zero-order chi connectivity index (χ0) is 23.8. The number of aliphatic hydroxyl groups is 1. The first-order chi connectivity index (χ1) is 16.5. The van der Waals surface area contributed by atoms with Crippen molar-refractivity contribution in [3.63, 3.8) is 0 Å². The van der Waals surface area contributed by atoms with Crippen LogP contribution in [0.5, 0.6) is 11.5 Å². The number of para-hydroxylation sites is 1. The number of benzene rings is 2. The molecule has 0 fully saturated rings. The van der Waals surface area contributed by atoms with Crippen molar-refractivity contribution in [2.45, 2.75) is 12.6 Å². The van der Waals surface area contributed by atoms with Crippen LogP contribution in [0.2, 0.25) is 0 Å². The highest BCUT2D eigenvalue weighted by molar-refractivity contribution is 6.16. The van der Waals surface area contributed by atoms with Crippen molar-refractivity contribution in [1.29, 1.82) is 0 Å². The van der Waals surface area contributed by atoms with Crippen LogP contribution < -0.4 is 9.47 Å². The van der Waals surface area contributed by atoms with Crippen LogP contribution in [-0.4, -0.2) is 35.9 Å². The Morgan fingerprint density at radius 1 is 1.06 bits per heavy atom. The van der Waals surface area contributed by atoms with Gasteiger partial charge in [-0.2, -0.15) is 0 Å². The maximum absolute atomic E-state index is 13.7. The van der Waals surface area contributed by atoms with Crippen molar-refractivity contribution >= 4 is 22.7 Å². The van der Waals surface area contributed by atoms with Crippen LogP contribution in [0, 0.1) is 0 Å². The van der Waals surface area contributed by atoms with Crippen LogP contribution in [-0.2, 0) is 11.3 Å². The van der Waals surface area contributed by atoms with E-state index >= 15 is 0 Å². The number of carbonyl (C=O) groups excluding carboxylic acids is 2. The molecule has 34 heavy (non-hydrogen) atoms. The topological polar surface area (TPSA) is 102 Å². The van der Waals surface area contributed by atoms with Crippen molar-refractivity contribution in [2.24, 2.45) is 0 Å². The Morgan fingerprint density at radius 3 is 2.62 bits per heavy atom. The van der Waals surface area contributed by atoms with Gasteiger partial charge in [-0.15, -0.1) is 0 Å². The van der Waals surface area contributed by atoms with Crippen molar-refractivity contribution in [3.8, 4) is 11.5 Å². The van der Waals surface area contributed by atoms with Crippen LogP contribution in [0.25, 0.3) is 11.0 Å². The number of rotatable bonds is 7. The molecule has 1 unspecified atom stereocenters. The fraction of sp³-hybridized carbons (Fsp3) is 0.154. The van der Waals surface area contributed by atoms with Crippen molar-refractivity contribution in [1.82, 2.24) is 4.90 Å². The van der Waals surface area contributed by atoms with Crippen molar-refractivity contribution in [3.05, 3.63) is 95.3 Å². The number of hydrogen-bond acceptors (Lipinski definition) is 7. The first kappa shape index (κ1) is 21.4. The van der Waals surface area contributed by atoms with Gasteiger partial charge in [-0.05, 0) is 42.0 Å². The van der Waals surface area contributed by atoms with E-state index in [9.17, 15) is 14.7 Å². The van der Waals surface area contributed by atoms with E-state index in [0.717, 1.165) is 0 Å². The van der Waals surface area contributed by atoms with E-state index < -0.39 is 23.5 Å². The molecular weight excluding hydrogens is 438 g/mol. The second-order valence-electron chi connectivity index (χ2n) is 7.77. The predicted molar refractivity (Wildman–Crippen MR) is 122 cm³/mol. The molecule has 1 N–H and O–H groups in total. The SMILES string of the molecule is COc1cccc(C2C(C(=O)c3cc4cccc(OC)c4o3)=C(O)C(=O)N2Cc2ccco2)c1. The lowest BCUT2D eigenvalue weighted by Crippen LogP contribution is -2.30. The van der Waals surface area contributed by atoms with E-state index in [1.165, 1.54) is 25.4 Å². The number of methoxy groups -OCH3 is 2. The molecule has 5 rings (SSSR count). The second kappa shape index (κ2) is 8.47. The number of amides is 1. The maximum Gasteiger partial charge on any atom is 0.290 e. The van der Waals surface area contributed by atoms with E-state index in [0.29, 0.717) is 33.8 Å². The summed E-state index contributed by atoms with van der Waals surface area (Å²) in [6.07, 6.45) is 1.50. The number of aliphatic hydroxyl groups excluding tert-OH is 1. The average Bonchev–Trinajstić information content (AvgIpc) is 3.59. The van der Waals surface area contributed by atoms with Gasteiger partial charge in [0.2, 0.25) is 5.78 Å². The summed E-state index contributed by atoms with van der Waals surface area (Å²) in [4.78, 5) is 28.2. The van der Waals surface area contributed by atoms with Crippen LogP contribution in [0.3, 0.4) is 0 Å². The molecule has 8 nitrogen and oxygen atoms in total. The van der Waals surface area contributed by atoms with Gasteiger partial charge < -0.3 is 28.3 Å². The van der Waals surface area contributed by atoms with Gasteiger partial charge in [0, 0.05) is 5.39 Å². The molecule has 1 aliphatic heterocycles. The molecule has 0 saturated carbocycles. The number of nitrogens with zero attached hydrogens (tertiary/aromatic N) is 1. The monoisotopic (exact) mass is 459 g/mol. The molecule has 8 heteroatoms. The van der Waals surface area contributed by atoms with E-state index in [1.807, 2.05) is 0 Å². The second-order valence-corrected chi connectivity index (χ2v) is 7.77. The van der Waals surface area contributed by atoms with Gasteiger partial charge in [-0.3, -0.25) is 9.59 Å². The molecule has 0 aliphatic carbocycles. The van der Waals surface area contributed by atoms with Crippen molar-refractivity contribution < 1.29 is 33.0 Å². The number of fused-ring (bicyclic) bond motifs is 1. The Balaban J connectivity index is 1.62. The van der Waals surface area contributed by atoms with Gasteiger partial charge in [-0.1, -0.05) is 24.3 Å². The summed E-state index contributed by atoms with van der Waals surface area (Å²) in [5.41, 5.74) is 0.923. The number of ketones is 1. The lowest BCUT2D eigenvalue weighted by atomic mass is 9.94. The summed E-state index contributed by atoms with van der Waals surface area (Å²) in [6.45, 7) is 0.0580. The van der Waals surface area contributed by atoms with E-state index in [4.69, 9.17) is 18.3 Å². The molecule has 0 bridgehead atoms. The van der Waals surface area contributed by atoms with Crippen LogP contribution in [0.4, 0.5) is 0 Å². The average molecular weight is 459 g/mol. The lowest BCUT2D eigenvalue weighted by Gasteiger charge is -2.26. The zero-order valence-electron chi connectivity index (χ0n) is 18.5. The minimum absolute atomic E-state index is 0.0124. The fourth-order valence-corrected chi connectivity index (χ4v) is 4.22. The largest absolute Gasteiger partial charge is 0.503 e. The highest BCUT2D eigenvalue weighted by atomic mass is 16.5. The maximum atomic E-state index is 13.7. The quantitative estimate of drug-likeness (QED) is 0.395. The highest BCUT2D eigenvalue weighted by Gasteiger charge is 2.45. The van der Waals surface area contributed by atoms with Gasteiger partial charge in [0.05, 0.1) is 38.6 Å². The molecule has 0 saturated heterocycles. The third kappa shape index (κ3) is 3.49. The molecule has 1 amide bonds. The molecule has 2 aromatic carbocycles. The molecule has 1 aliphatic rings. The lowest BCUT2D eigenvalue weighted by molar-refractivity contribution is -0.130. The van der Waals surface area contributed by atoms with Crippen LogP contribution >= 0.6 is 0 Å². The predicted octanol–water partition coefficient (Wildman–Crippen LogP) is 4.82. The minimum Gasteiger partial charge on any atom is -0.503 e. The van der Waals surface area contributed by atoms with Crippen molar-refractivity contribution in [2.75, 3.05) is 14.2 Å². The molecule has 3 heterocycles. The summed E-state index contributed by atoms with van der Waals surface area (Å²) in [5.74, 6) is -0.384. The van der Waals surface area contributed by atoms with Gasteiger partial charge in [-0.25, -0.2) is 0 Å². The summed E-state index contributed by atoms with van der Waals surface area (Å²) >= 11 is 0. The van der Waals surface area contributed by atoms with E-state index in [-0.39, 0.29) is 17.9 Å². The Morgan fingerprint density at radius 2 is 1.88 bits per heavy atom. The number of hydrogen-bond donors (Lipinski definition) is 1. The number of Topliss-reactive ketones (excluding diaryl/α,β-unsaturated/α-hetero) is 1.